The lowest BCUT2D eigenvalue weighted by Crippen LogP contribution is -2.13. The standard InChI is InChI=1S/C6H7ClN2O2S.C6H9N3O2S.C6H9N3/c2*7-12(10,11)6-3-4-9(8-6)5-1-2-5;7-6-3-4-9(8-6)5-1-2-5/h3-5H,1-2H2;3-5H,1-2H2,(H2,7,10,11);3-5H,1-2H2,(H2,7,8). The zero-order chi connectivity index (χ0) is 23.8. The van der Waals surface area contributed by atoms with Gasteiger partial charge in [-0.3, -0.25) is 14.0 Å². The van der Waals surface area contributed by atoms with Crippen LogP contribution in [0.3, 0.4) is 0 Å². The van der Waals surface area contributed by atoms with E-state index < -0.39 is 19.1 Å². The molecule has 3 aromatic rings. The molecule has 0 aliphatic heterocycles. The van der Waals surface area contributed by atoms with Crippen molar-refractivity contribution in [3.05, 3.63) is 36.8 Å². The molecule has 3 aromatic heterocycles. The molecule has 0 unspecified atom stereocenters. The van der Waals surface area contributed by atoms with Gasteiger partial charge in [-0.15, -0.1) is 0 Å². The van der Waals surface area contributed by atoms with E-state index >= 15 is 0 Å². The van der Waals surface area contributed by atoms with Gasteiger partial charge in [-0.05, 0) is 56.7 Å². The summed E-state index contributed by atoms with van der Waals surface area (Å²) in [6, 6.07) is 6.10. The van der Waals surface area contributed by atoms with Gasteiger partial charge in [0.05, 0.1) is 18.1 Å². The summed E-state index contributed by atoms with van der Waals surface area (Å²) < 4.78 is 48.4. The first kappa shape index (κ1) is 23.7. The van der Waals surface area contributed by atoms with Crippen LogP contribution in [0.5, 0.6) is 0 Å². The minimum atomic E-state index is -3.65. The number of primary sulfonamides is 1. The highest BCUT2D eigenvalue weighted by atomic mass is 35.7. The summed E-state index contributed by atoms with van der Waals surface area (Å²) >= 11 is 0. The van der Waals surface area contributed by atoms with Gasteiger partial charge >= 0.3 is 0 Å². The fraction of sp³-hybridized carbons (Fsp3) is 0.500. The molecule has 0 atom stereocenters. The summed E-state index contributed by atoms with van der Waals surface area (Å²) in [6.07, 6.45) is 12.1. The first-order valence-electron chi connectivity index (χ1n) is 10.4. The molecule has 0 amide bonds. The van der Waals surface area contributed by atoms with Crippen LogP contribution in [0.2, 0.25) is 0 Å². The van der Waals surface area contributed by atoms with Gasteiger partial charge in [0.2, 0.25) is 0 Å². The van der Waals surface area contributed by atoms with Gasteiger partial charge in [-0.1, -0.05) is 0 Å². The largest absolute Gasteiger partial charge is 0.382 e. The Morgan fingerprint density at radius 2 is 1.12 bits per heavy atom. The molecule has 0 aromatic carbocycles. The van der Waals surface area contributed by atoms with Gasteiger partial charge in [-0.25, -0.2) is 22.0 Å². The predicted octanol–water partition coefficient (Wildman–Crippen LogP) is 1.81. The number of nitrogen functional groups attached to an aromatic ring is 1. The number of hydrogen-bond acceptors (Lipinski definition) is 8. The maximum absolute atomic E-state index is 10.8. The molecular formula is C18H25ClN8O4S2. The number of nitrogens with two attached hydrogens (primary N) is 2. The Morgan fingerprint density at radius 3 is 1.42 bits per heavy atom. The molecule has 33 heavy (non-hydrogen) atoms. The molecule has 3 fully saturated rings. The Labute approximate surface area is 196 Å². The molecule has 15 heteroatoms. The molecule has 0 saturated heterocycles. The van der Waals surface area contributed by atoms with E-state index in [1.807, 2.05) is 16.9 Å². The third-order valence-electron chi connectivity index (χ3n) is 5.10. The van der Waals surface area contributed by atoms with Crippen molar-refractivity contribution in [2.45, 2.75) is 66.7 Å². The zero-order valence-electron chi connectivity index (χ0n) is 17.6. The first-order valence-corrected chi connectivity index (χ1v) is 14.2. The lowest BCUT2D eigenvalue weighted by Gasteiger charge is -1.93. The van der Waals surface area contributed by atoms with Gasteiger partial charge in [-0.2, -0.15) is 15.3 Å². The fourth-order valence-electron chi connectivity index (χ4n) is 2.90. The SMILES string of the molecule is NS(=O)(=O)c1ccn(C2CC2)n1.Nc1ccn(C2CC2)n1.O=S(=O)(Cl)c1ccn(C2CC2)n1. The smallest absolute Gasteiger partial charge is 0.280 e. The van der Waals surface area contributed by atoms with E-state index in [4.69, 9.17) is 21.6 Å². The second-order valence-corrected chi connectivity index (χ2v) is 12.2. The molecule has 3 aliphatic carbocycles. The van der Waals surface area contributed by atoms with E-state index in [1.54, 1.807) is 21.8 Å². The van der Waals surface area contributed by atoms with Gasteiger partial charge in [0, 0.05) is 29.3 Å². The van der Waals surface area contributed by atoms with E-state index in [9.17, 15) is 16.8 Å². The van der Waals surface area contributed by atoms with Crippen LogP contribution in [0.25, 0.3) is 0 Å². The normalized spacial score (nSPS) is 18.1. The third kappa shape index (κ3) is 6.79. The topological polar surface area (TPSA) is 174 Å². The molecule has 0 spiro atoms. The summed E-state index contributed by atoms with van der Waals surface area (Å²) in [6.45, 7) is 0. The van der Waals surface area contributed by atoms with Crippen LogP contribution in [-0.2, 0) is 19.1 Å². The zero-order valence-corrected chi connectivity index (χ0v) is 20.0. The van der Waals surface area contributed by atoms with Crippen LogP contribution >= 0.6 is 10.7 Å². The van der Waals surface area contributed by atoms with E-state index in [0.29, 0.717) is 23.9 Å². The molecule has 4 N–H and O–H groups in total. The van der Waals surface area contributed by atoms with Crippen LogP contribution in [0.1, 0.15) is 56.7 Å². The van der Waals surface area contributed by atoms with Crippen molar-refractivity contribution in [1.29, 1.82) is 0 Å². The van der Waals surface area contributed by atoms with Crippen molar-refractivity contribution in [1.82, 2.24) is 29.3 Å². The summed E-state index contributed by atoms with van der Waals surface area (Å²) in [5, 5.41) is 16.5. The van der Waals surface area contributed by atoms with Crippen molar-refractivity contribution < 1.29 is 16.8 Å². The van der Waals surface area contributed by atoms with E-state index in [2.05, 4.69) is 15.3 Å². The number of rotatable bonds is 5. The van der Waals surface area contributed by atoms with Crippen molar-refractivity contribution in [2.24, 2.45) is 5.14 Å². The van der Waals surface area contributed by atoms with Gasteiger partial charge in [0.1, 0.15) is 5.82 Å². The quantitative estimate of drug-likeness (QED) is 0.482. The number of nitrogens with zero attached hydrogens (tertiary/aromatic N) is 6. The Balaban J connectivity index is 0.000000119. The fourth-order valence-corrected chi connectivity index (χ4v) is 4.02. The second-order valence-electron chi connectivity index (χ2n) is 8.16. The molecule has 0 bridgehead atoms. The monoisotopic (exact) mass is 516 g/mol. The maximum atomic E-state index is 10.8. The Kier molecular flexibility index (Phi) is 6.53. The minimum Gasteiger partial charge on any atom is -0.382 e. The number of anilines is 1. The van der Waals surface area contributed by atoms with Crippen molar-refractivity contribution in [2.75, 3.05) is 5.73 Å². The highest BCUT2D eigenvalue weighted by Crippen LogP contribution is 2.35. The number of hydrogen-bond donors (Lipinski definition) is 2. The Hall–Kier alpha value is -2.42. The third-order valence-corrected chi connectivity index (χ3v) is 7.09. The molecule has 3 saturated carbocycles. The average molecular weight is 517 g/mol. The molecule has 12 nitrogen and oxygen atoms in total. The predicted molar refractivity (Wildman–Crippen MR) is 120 cm³/mol. The van der Waals surface area contributed by atoms with Crippen LogP contribution in [-0.4, -0.2) is 46.2 Å². The number of halogens is 1. The van der Waals surface area contributed by atoms with Gasteiger partial charge in [0.25, 0.3) is 19.1 Å². The van der Waals surface area contributed by atoms with Crippen LogP contribution < -0.4 is 10.9 Å². The molecule has 3 aliphatic rings. The molecule has 3 heterocycles. The second kappa shape index (κ2) is 9.08. The molecule has 180 valence electrons. The minimum absolute atomic E-state index is 0.0469. The molecule has 6 rings (SSSR count). The molecule has 0 radical (unpaired) electrons. The van der Waals surface area contributed by atoms with Crippen molar-refractivity contribution in [3.63, 3.8) is 0 Å². The first-order chi connectivity index (χ1) is 15.5. The van der Waals surface area contributed by atoms with Gasteiger partial charge < -0.3 is 5.73 Å². The van der Waals surface area contributed by atoms with Crippen molar-refractivity contribution in [3.8, 4) is 0 Å². The summed E-state index contributed by atoms with van der Waals surface area (Å²) in [5.41, 5.74) is 5.41. The van der Waals surface area contributed by atoms with Crippen LogP contribution in [0.15, 0.2) is 46.8 Å². The number of aromatic nitrogens is 6. The van der Waals surface area contributed by atoms with Crippen molar-refractivity contribution >= 4 is 35.6 Å². The summed E-state index contributed by atoms with van der Waals surface area (Å²) in [4.78, 5) is 0. The Bertz CT molecular complexity index is 1240. The van der Waals surface area contributed by atoms with Crippen LogP contribution in [0.4, 0.5) is 5.82 Å². The summed E-state index contributed by atoms with van der Waals surface area (Å²) in [7, 11) is -2.17. The highest BCUT2D eigenvalue weighted by molar-refractivity contribution is 8.13. The number of sulfonamides is 1. The van der Waals surface area contributed by atoms with E-state index in [1.165, 1.54) is 25.0 Å². The highest BCUT2D eigenvalue weighted by Gasteiger charge is 2.26. The average Bonchev–Trinajstić information content (AvgIpc) is 3.70. The Morgan fingerprint density at radius 1 is 0.727 bits per heavy atom. The summed E-state index contributed by atoms with van der Waals surface area (Å²) in [5.74, 6) is 0.627. The molecular weight excluding hydrogens is 492 g/mol. The van der Waals surface area contributed by atoms with Crippen LogP contribution in [0, 0.1) is 0 Å². The maximum Gasteiger partial charge on any atom is 0.280 e. The van der Waals surface area contributed by atoms with E-state index in [0.717, 1.165) is 25.7 Å². The van der Waals surface area contributed by atoms with Gasteiger partial charge in [0.15, 0.2) is 10.1 Å². The lowest BCUT2D eigenvalue weighted by atomic mass is 10.6. The van der Waals surface area contributed by atoms with E-state index in [-0.39, 0.29) is 10.1 Å². The lowest BCUT2D eigenvalue weighted by molar-refractivity contribution is 0.579.